The molecule has 0 amide bonds. The number of benzene rings is 1. The molecule has 1 unspecified atom stereocenters. The lowest BCUT2D eigenvalue weighted by Gasteiger charge is -2.34. The molecule has 1 aromatic heterocycles. The largest absolute Gasteiger partial charge is 0.489 e. The fourth-order valence-electron chi connectivity index (χ4n) is 2.45. The molecule has 19 heavy (non-hydrogen) atoms. The first-order valence-electron chi connectivity index (χ1n) is 6.58. The Morgan fingerprint density at radius 1 is 1.26 bits per heavy atom. The lowest BCUT2D eigenvalue weighted by molar-refractivity contribution is 0.0545. The highest BCUT2D eigenvalue weighted by Crippen LogP contribution is 2.38. The zero-order chi connectivity index (χ0) is 13.8. The van der Waals surface area contributed by atoms with Crippen LogP contribution in [0.1, 0.15) is 43.1 Å². The Morgan fingerprint density at radius 3 is 2.68 bits per heavy atom. The molecule has 0 spiro atoms. The number of aryl methyl sites for hydroxylation is 1. The van der Waals surface area contributed by atoms with Crippen LogP contribution in [0.15, 0.2) is 22.8 Å². The summed E-state index contributed by atoms with van der Waals surface area (Å²) in [5.74, 6) is 0.807. The number of fused-ring (bicyclic) bond motifs is 2. The summed E-state index contributed by atoms with van der Waals surface area (Å²) in [5, 5.41) is 0.991. The number of hydrogen-bond donors (Lipinski definition) is 0. The van der Waals surface area contributed by atoms with Gasteiger partial charge in [0, 0.05) is 17.9 Å². The van der Waals surface area contributed by atoms with E-state index >= 15 is 0 Å². The van der Waals surface area contributed by atoms with Gasteiger partial charge in [0.05, 0.1) is 11.8 Å². The van der Waals surface area contributed by atoms with Crippen molar-refractivity contribution in [2.75, 3.05) is 0 Å². The van der Waals surface area contributed by atoms with E-state index in [9.17, 15) is 4.79 Å². The van der Waals surface area contributed by atoms with E-state index in [1.807, 2.05) is 19.1 Å². The van der Waals surface area contributed by atoms with E-state index in [4.69, 9.17) is 9.15 Å². The number of ketones is 1. The van der Waals surface area contributed by atoms with Crippen molar-refractivity contribution in [3.05, 3.63) is 29.5 Å². The van der Waals surface area contributed by atoms with Gasteiger partial charge in [-0.25, -0.2) is 0 Å². The van der Waals surface area contributed by atoms with Gasteiger partial charge in [0.15, 0.2) is 5.78 Å². The van der Waals surface area contributed by atoms with E-state index in [2.05, 4.69) is 20.8 Å². The van der Waals surface area contributed by atoms with Gasteiger partial charge in [-0.05, 0) is 24.0 Å². The topological polar surface area (TPSA) is 39.4 Å². The van der Waals surface area contributed by atoms with Crippen molar-refractivity contribution in [3.63, 3.8) is 0 Å². The van der Waals surface area contributed by atoms with Gasteiger partial charge in [-0.2, -0.15) is 0 Å². The predicted molar refractivity (Wildman–Crippen MR) is 73.8 cm³/mol. The van der Waals surface area contributed by atoms with E-state index in [1.54, 1.807) is 6.26 Å². The van der Waals surface area contributed by atoms with E-state index in [0.717, 1.165) is 16.5 Å². The maximum atomic E-state index is 12.3. The van der Waals surface area contributed by atoms with E-state index in [-0.39, 0.29) is 17.3 Å². The van der Waals surface area contributed by atoms with Crippen LogP contribution in [0, 0.1) is 12.3 Å². The Balaban J connectivity index is 2.12. The Kier molecular flexibility index (Phi) is 2.49. The van der Waals surface area contributed by atoms with Gasteiger partial charge in [0.25, 0.3) is 0 Å². The summed E-state index contributed by atoms with van der Waals surface area (Å²) >= 11 is 0. The minimum Gasteiger partial charge on any atom is -0.489 e. The molecule has 3 rings (SSSR count). The fraction of sp³-hybridized carbons (Fsp3) is 0.438. The second kappa shape index (κ2) is 3.86. The van der Waals surface area contributed by atoms with Crippen LogP contribution < -0.4 is 4.74 Å². The number of Topliss-reactive ketones (excluding diaryl/α,β-unsaturated/α-hetero) is 1. The molecule has 1 atom stereocenters. The van der Waals surface area contributed by atoms with Crippen molar-refractivity contribution in [1.29, 1.82) is 0 Å². The minimum absolute atomic E-state index is 0.0542. The summed E-state index contributed by atoms with van der Waals surface area (Å²) in [6.07, 6.45) is 2.07. The van der Waals surface area contributed by atoms with Crippen LogP contribution in [0.4, 0.5) is 0 Å². The smallest absolute Gasteiger partial charge is 0.170 e. The van der Waals surface area contributed by atoms with E-state index in [1.165, 1.54) is 0 Å². The lowest BCUT2D eigenvalue weighted by atomic mass is 9.83. The molecule has 2 heterocycles. The zero-order valence-electron chi connectivity index (χ0n) is 11.7. The van der Waals surface area contributed by atoms with Gasteiger partial charge >= 0.3 is 0 Å². The second-order valence-corrected chi connectivity index (χ2v) is 6.36. The SMILES string of the molecule is Cc1coc2cc3c(cc12)C(=O)CC(C(C)(C)C)O3. The molecule has 3 nitrogen and oxygen atoms in total. The number of carbonyl (C=O) groups is 1. The van der Waals surface area contributed by atoms with Crippen LogP contribution in [-0.4, -0.2) is 11.9 Å². The van der Waals surface area contributed by atoms with Crippen molar-refractivity contribution in [1.82, 2.24) is 0 Å². The third-order valence-corrected chi connectivity index (χ3v) is 3.78. The van der Waals surface area contributed by atoms with E-state index in [0.29, 0.717) is 17.7 Å². The molecule has 1 aromatic carbocycles. The zero-order valence-corrected chi connectivity index (χ0v) is 11.7. The summed E-state index contributed by atoms with van der Waals surface area (Å²) in [4.78, 5) is 12.3. The van der Waals surface area contributed by atoms with Crippen LogP contribution in [0.2, 0.25) is 0 Å². The molecule has 0 saturated carbocycles. The molecular formula is C16H18O3. The molecule has 2 aromatic rings. The van der Waals surface area contributed by atoms with Crippen LogP contribution in [-0.2, 0) is 0 Å². The highest BCUT2D eigenvalue weighted by molar-refractivity contribution is 6.03. The van der Waals surface area contributed by atoms with Gasteiger partial charge in [0.1, 0.15) is 17.4 Å². The van der Waals surface area contributed by atoms with Crippen molar-refractivity contribution in [2.24, 2.45) is 5.41 Å². The van der Waals surface area contributed by atoms with Crippen LogP contribution in [0.25, 0.3) is 11.0 Å². The predicted octanol–water partition coefficient (Wildman–Crippen LogP) is 4.12. The van der Waals surface area contributed by atoms with Crippen LogP contribution in [0.5, 0.6) is 5.75 Å². The Hall–Kier alpha value is -1.77. The summed E-state index contributed by atoms with van der Waals surface area (Å²) < 4.78 is 11.5. The lowest BCUT2D eigenvalue weighted by Crippen LogP contribution is -2.37. The molecule has 3 heteroatoms. The molecule has 0 bridgehead atoms. The maximum absolute atomic E-state index is 12.3. The van der Waals surface area contributed by atoms with Crippen molar-refractivity contribution < 1.29 is 13.9 Å². The van der Waals surface area contributed by atoms with Gasteiger partial charge in [0.2, 0.25) is 0 Å². The number of furan rings is 1. The van der Waals surface area contributed by atoms with Crippen molar-refractivity contribution in [3.8, 4) is 5.75 Å². The summed E-state index contributed by atoms with van der Waals surface area (Å²) in [7, 11) is 0. The molecule has 1 aliphatic rings. The Bertz CT molecular complexity index is 658. The highest BCUT2D eigenvalue weighted by Gasteiger charge is 2.35. The standard InChI is InChI=1S/C16H18O3/c1-9-8-18-13-7-14-11(5-10(9)13)12(17)6-15(19-14)16(2,3)4/h5,7-8,15H,6H2,1-4H3. The van der Waals surface area contributed by atoms with Gasteiger partial charge in [-0.1, -0.05) is 20.8 Å². The monoisotopic (exact) mass is 258 g/mol. The molecule has 0 N–H and O–H groups in total. The summed E-state index contributed by atoms with van der Waals surface area (Å²) in [5.41, 5.74) is 2.45. The van der Waals surface area contributed by atoms with Crippen molar-refractivity contribution >= 4 is 16.8 Å². The molecule has 1 aliphatic heterocycles. The molecule has 0 fully saturated rings. The molecule has 100 valence electrons. The number of carbonyl (C=O) groups excluding carboxylic acids is 1. The Morgan fingerprint density at radius 2 is 2.00 bits per heavy atom. The highest BCUT2D eigenvalue weighted by atomic mass is 16.5. The first kappa shape index (κ1) is 12.3. The molecule has 0 saturated heterocycles. The second-order valence-electron chi connectivity index (χ2n) is 6.36. The van der Waals surface area contributed by atoms with Crippen LogP contribution in [0.3, 0.4) is 0 Å². The average molecular weight is 258 g/mol. The van der Waals surface area contributed by atoms with Crippen LogP contribution >= 0.6 is 0 Å². The normalized spacial score (nSPS) is 19.4. The van der Waals surface area contributed by atoms with Gasteiger partial charge in [-0.3, -0.25) is 4.79 Å². The quantitative estimate of drug-likeness (QED) is 0.713. The Labute approximate surface area is 112 Å². The summed E-state index contributed by atoms with van der Waals surface area (Å²) in [6.45, 7) is 8.24. The number of hydrogen-bond acceptors (Lipinski definition) is 3. The summed E-state index contributed by atoms with van der Waals surface area (Å²) in [6, 6.07) is 3.73. The van der Waals surface area contributed by atoms with Crippen molar-refractivity contribution in [2.45, 2.75) is 40.2 Å². The first-order valence-corrected chi connectivity index (χ1v) is 6.58. The third-order valence-electron chi connectivity index (χ3n) is 3.78. The number of rotatable bonds is 0. The molecular weight excluding hydrogens is 240 g/mol. The average Bonchev–Trinajstić information content (AvgIpc) is 2.67. The minimum atomic E-state index is -0.0824. The third kappa shape index (κ3) is 1.93. The van der Waals surface area contributed by atoms with Gasteiger partial charge < -0.3 is 9.15 Å². The first-order chi connectivity index (χ1) is 8.86. The maximum Gasteiger partial charge on any atom is 0.170 e. The molecule has 0 aliphatic carbocycles. The van der Waals surface area contributed by atoms with E-state index < -0.39 is 0 Å². The van der Waals surface area contributed by atoms with Gasteiger partial charge in [-0.15, -0.1) is 0 Å². The fourth-order valence-corrected chi connectivity index (χ4v) is 2.45. The molecule has 0 radical (unpaired) electrons. The number of ether oxygens (including phenoxy) is 1.